The smallest absolute Gasteiger partial charge is 0.309 e. The van der Waals surface area contributed by atoms with E-state index in [0.717, 1.165) is 37.2 Å². The molecule has 6 heteroatoms. The highest BCUT2D eigenvalue weighted by atomic mass is 16.5. The second kappa shape index (κ2) is 10.0. The zero-order chi connectivity index (χ0) is 18.1. The van der Waals surface area contributed by atoms with Crippen LogP contribution in [0.4, 0.5) is 0 Å². The van der Waals surface area contributed by atoms with E-state index in [9.17, 15) is 9.59 Å². The molecule has 6 nitrogen and oxygen atoms in total. The predicted molar refractivity (Wildman–Crippen MR) is 94.6 cm³/mol. The number of amides is 1. The van der Waals surface area contributed by atoms with Gasteiger partial charge in [0.15, 0.2) is 6.54 Å². The average Bonchev–Trinajstić information content (AvgIpc) is 2.60. The topological polar surface area (TPSA) is 69.1 Å². The Kier molecular flexibility index (Phi) is 7.73. The number of quaternary nitrogens is 1. The Morgan fingerprint density at radius 3 is 2.72 bits per heavy atom. The third-order valence-corrected chi connectivity index (χ3v) is 4.41. The maximum atomic E-state index is 12.0. The fraction of sp³-hybridized carbons (Fsp3) is 0.579. The summed E-state index contributed by atoms with van der Waals surface area (Å²) in [5, 5.41) is 2.89. The zero-order valence-corrected chi connectivity index (χ0v) is 15.2. The SMILES string of the molecule is CCOC(=O)C1CC[NH+](CC(=O)NCCOc2cccc(C)c2)CC1. The Bertz CT molecular complexity index is 568. The van der Waals surface area contributed by atoms with Crippen LogP contribution in [0.3, 0.4) is 0 Å². The Balaban J connectivity index is 1.59. The van der Waals surface area contributed by atoms with Crippen LogP contribution in [-0.4, -0.2) is 51.3 Å². The van der Waals surface area contributed by atoms with E-state index in [1.807, 2.05) is 38.1 Å². The van der Waals surface area contributed by atoms with Crippen molar-refractivity contribution in [3.8, 4) is 5.75 Å². The van der Waals surface area contributed by atoms with Crippen molar-refractivity contribution in [2.75, 3.05) is 39.4 Å². The summed E-state index contributed by atoms with van der Waals surface area (Å²) in [5.74, 6) is 0.743. The maximum Gasteiger partial charge on any atom is 0.309 e. The number of benzene rings is 1. The van der Waals surface area contributed by atoms with Crippen molar-refractivity contribution >= 4 is 11.9 Å². The number of esters is 1. The van der Waals surface area contributed by atoms with Crippen molar-refractivity contribution in [2.45, 2.75) is 26.7 Å². The molecule has 138 valence electrons. The van der Waals surface area contributed by atoms with Crippen LogP contribution in [0.1, 0.15) is 25.3 Å². The Morgan fingerprint density at radius 2 is 2.04 bits per heavy atom. The molecule has 0 unspecified atom stereocenters. The van der Waals surface area contributed by atoms with E-state index in [2.05, 4.69) is 5.32 Å². The number of carbonyl (C=O) groups is 2. The largest absolute Gasteiger partial charge is 0.492 e. The molecule has 0 spiro atoms. The van der Waals surface area contributed by atoms with E-state index in [4.69, 9.17) is 9.47 Å². The first kappa shape index (κ1) is 19.2. The lowest BCUT2D eigenvalue weighted by molar-refractivity contribution is -0.897. The predicted octanol–water partition coefficient (Wildman–Crippen LogP) is 0.348. The van der Waals surface area contributed by atoms with E-state index in [1.165, 1.54) is 4.90 Å². The van der Waals surface area contributed by atoms with E-state index in [0.29, 0.717) is 26.3 Å². The van der Waals surface area contributed by atoms with Crippen LogP contribution in [0.25, 0.3) is 0 Å². The summed E-state index contributed by atoms with van der Waals surface area (Å²) in [6.07, 6.45) is 1.58. The molecule has 0 aliphatic carbocycles. The summed E-state index contributed by atoms with van der Waals surface area (Å²) in [4.78, 5) is 25.0. The number of hydrogen-bond acceptors (Lipinski definition) is 4. The Hall–Kier alpha value is -2.08. The van der Waals surface area contributed by atoms with Gasteiger partial charge in [-0.3, -0.25) is 9.59 Å². The standard InChI is InChI=1S/C19H28N2O4/c1-3-24-19(23)16-7-10-21(11-8-16)14-18(22)20-9-12-25-17-6-4-5-15(2)13-17/h4-6,13,16H,3,7-12,14H2,1-2H3,(H,20,22)/p+1. The van der Waals surface area contributed by atoms with Gasteiger partial charge in [-0.2, -0.15) is 0 Å². The fourth-order valence-electron chi connectivity index (χ4n) is 3.05. The number of likely N-dealkylation sites (tertiary alicyclic amines) is 1. The van der Waals surface area contributed by atoms with Crippen LogP contribution in [-0.2, 0) is 14.3 Å². The van der Waals surface area contributed by atoms with Gasteiger partial charge < -0.3 is 19.7 Å². The second-order valence-corrected chi connectivity index (χ2v) is 6.47. The van der Waals surface area contributed by atoms with Crippen LogP contribution < -0.4 is 15.0 Å². The maximum absolute atomic E-state index is 12.0. The molecule has 25 heavy (non-hydrogen) atoms. The number of rotatable bonds is 8. The molecule has 0 aromatic heterocycles. The number of hydrogen-bond donors (Lipinski definition) is 2. The van der Waals surface area contributed by atoms with Gasteiger partial charge in [-0.15, -0.1) is 0 Å². The Morgan fingerprint density at radius 1 is 1.28 bits per heavy atom. The third kappa shape index (κ3) is 6.74. The van der Waals surface area contributed by atoms with Crippen LogP contribution in [0.15, 0.2) is 24.3 Å². The number of piperidine rings is 1. The van der Waals surface area contributed by atoms with Gasteiger partial charge in [0.25, 0.3) is 5.91 Å². The highest BCUT2D eigenvalue weighted by molar-refractivity contribution is 5.76. The molecule has 1 aliphatic rings. The molecular formula is C19H29N2O4+. The molecule has 2 rings (SSSR count). The minimum atomic E-state index is -0.0979. The molecule has 0 bridgehead atoms. The van der Waals surface area contributed by atoms with E-state index in [-0.39, 0.29) is 17.8 Å². The van der Waals surface area contributed by atoms with Gasteiger partial charge in [0, 0.05) is 12.8 Å². The number of aryl methyl sites for hydroxylation is 1. The van der Waals surface area contributed by atoms with Gasteiger partial charge in [0.2, 0.25) is 0 Å². The summed E-state index contributed by atoms with van der Waals surface area (Å²) >= 11 is 0. The molecule has 1 heterocycles. The molecule has 0 radical (unpaired) electrons. The van der Waals surface area contributed by atoms with Crippen LogP contribution >= 0.6 is 0 Å². The lowest BCUT2D eigenvalue weighted by Crippen LogP contribution is -3.14. The Labute approximate surface area is 149 Å². The molecule has 2 N–H and O–H groups in total. The number of carbonyl (C=O) groups excluding carboxylic acids is 2. The molecular weight excluding hydrogens is 320 g/mol. The van der Waals surface area contributed by atoms with E-state index < -0.39 is 0 Å². The summed E-state index contributed by atoms with van der Waals surface area (Å²) in [6, 6.07) is 7.85. The van der Waals surface area contributed by atoms with Crippen molar-refractivity contribution in [1.82, 2.24) is 5.32 Å². The van der Waals surface area contributed by atoms with Gasteiger partial charge in [0.1, 0.15) is 12.4 Å². The summed E-state index contributed by atoms with van der Waals surface area (Å²) in [7, 11) is 0. The van der Waals surface area contributed by atoms with Crippen molar-refractivity contribution in [3.63, 3.8) is 0 Å². The number of nitrogens with one attached hydrogen (secondary N) is 2. The highest BCUT2D eigenvalue weighted by Crippen LogP contribution is 2.12. The third-order valence-electron chi connectivity index (χ3n) is 4.41. The van der Waals surface area contributed by atoms with Gasteiger partial charge in [-0.1, -0.05) is 12.1 Å². The molecule has 0 saturated carbocycles. The fourth-order valence-corrected chi connectivity index (χ4v) is 3.05. The molecule has 0 atom stereocenters. The number of ether oxygens (including phenoxy) is 2. The highest BCUT2D eigenvalue weighted by Gasteiger charge is 2.29. The molecule has 1 aliphatic heterocycles. The zero-order valence-electron chi connectivity index (χ0n) is 15.2. The first-order valence-corrected chi connectivity index (χ1v) is 9.05. The summed E-state index contributed by atoms with van der Waals surface area (Å²) in [5.41, 5.74) is 1.15. The first-order chi connectivity index (χ1) is 12.1. The van der Waals surface area contributed by atoms with Crippen molar-refractivity contribution < 1.29 is 24.0 Å². The van der Waals surface area contributed by atoms with Crippen LogP contribution in [0.2, 0.25) is 0 Å². The van der Waals surface area contributed by atoms with Gasteiger partial charge in [-0.25, -0.2) is 0 Å². The lowest BCUT2D eigenvalue weighted by atomic mass is 9.97. The molecule has 1 amide bonds. The van der Waals surface area contributed by atoms with Crippen molar-refractivity contribution in [1.29, 1.82) is 0 Å². The summed E-state index contributed by atoms with van der Waals surface area (Å²) in [6.45, 7) is 7.32. The summed E-state index contributed by atoms with van der Waals surface area (Å²) < 4.78 is 10.7. The van der Waals surface area contributed by atoms with Crippen molar-refractivity contribution in [3.05, 3.63) is 29.8 Å². The van der Waals surface area contributed by atoms with E-state index in [1.54, 1.807) is 0 Å². The van der Waals surface area contributed by atoms with E-state index >= 15 is 0 Å². The monoisotopic (exact) mass is 349 g/mol. The first-order valence-electron chi connectivity index (χ1n) is 9.05. The van der Waals surface area contributed by atoms with Crippen molar-refractivity contribution in [2.24, 2.45) is 5.92 Å². The minimum Gasteiger partial charge on any atom is -0.492 e. The normalized spacial score (nSPS) is 19.9. The second-order valence-electron chi connectivity index (χ2n) is 6.47. The molecule has 1 fully saturated rings. The molecule has 1 aromatic carbocycles. The minimum absolute atomic E-state index is 0.00510. The van der Waals surface area contributed by atoms with Crippen LogP contribution in [0.5, 0.6) is 5.75 Å². The average molecular weight is 349 g/mol. The molecule has 1 saturated heterocycles. The quantitative estimate of drug-likeness (QED) is 0.525. The van der Waals surface area contributed by atoms with Gasteiger partial charge >= 0.3 is 5.97 Å². The molecule has 1 aromatic rings. The van der Waals surface area contributed by atoms with Crippen LogP contribution in [0, 0.1) is 12.8 Å². The van der Waals surface area contributed by atoms with Gasteiger partial charge in [0.05, 0.1) is 32.2 Å². The van der Waals surface area contributed by atoms with Gasteiger partial charge in [-0.05, 0) is 31.5 Å². The lowest BCUT2D eigenvalue weighted by Gasteiger charge is -2.27.